The minimum atomic E-state index is -0.939. The van der Waals surface area contributed by atoms with Gasteiger partial charge in [-0.05, 0) is 24.3 Å². The molecule has 216 valence electrons. The quantitative estimate of drug-likeness (QED) is 0.180. The van der Waals surface area contributed by atoms with Crippen LogP contribution in [0.3, 0.4) is 0 Å². The normalized spacial score (nSPS) is 10.7. The molecule has 0 fully saturated rings. The molecule has 0 amide bonds. The van der Waals surface area contributed by atoms with Gasteiger partial charge in [-0.1, -0.05) is 0 Å². The molecular formula is C26H26F2O12. The molecule has 0 aromatic heterocycles. The molecule has 2 rings (SSSR count). The van der Waals surface area contributed by atoms with E-state index in [-0.39, 0.29) is 23.0 Å². The first-order valence-corrected chi connectivity index (χ1v) is 10.8. The Morgan fingerprint density at radius 1 is 0.575 bits per heavy atom. The molecule has 0 unspecified atom stereocenters. The molecule has 0 bridgehead atoms. The van der Waals surface area contributed by atoms with Gasteiger partial charge in [-0.2, -0.15) is 0 Å². The number of esters is 4. The van der Waals surface area contributed by atoms with E-state index in [1.807, 2.05) is 0 Å². The minimum Gasteiger partial charge on any atom is -0.497 e. The van der Waals surface area contributed by atoms with Gasteiger partial charge in [0, 0.05) is 12.1 Å². The molecule has 0 aliphatic heterocycles. The zero-order chi connectivity index (χ0) is 30.2. The van der Waals surface area contributed by atoms with Crippen molar-refractivity contribution in [2.75, 3.05) is 42.7 Å². The molecule has 0 saturated carbocycles. The molecule has 12 nitrogen and oxygen atoms in total. The second kappa shape index (κ2) is 16.7. The first-order valence-electron chi connectivity index (χ1n) is 10.8. The first kappa shape index (κ1) is 32.9. The van der Waals surface area contributed by atoms with Crippen LogP contribution in [-0.2, 0) is 38.1 Å². The highest BCUT2D eigenvalue weighted by molar-refractivity contribution is 5.95. The average molecular weight is 568 g/mol. The number of hydrogen-bond acceptors (Lipinski definition) is 12. The van der Waals surface area contributed by atoms with E-state index >= 15 is 0 Å². The molecule has 0 heterocycles. The van der Waals surface area contributed by atoms with Crippen LogP contribution in [0, 0.1) is 11.6 Å². The van der Waals surface area contributed by atoms with E-state index in [9.17, 15) is 28.0 Å². The van der Waals surface area contributed by atoms with Gasteiger partial charge in [0.15, 0.2) is 23.1 Å². The number of rotatable bonds is 10. The molecule has 0 spiro atoms. The lowest BCUT2D eigenvalue weighted by molar-refractivity contribution is -0.140. The lowest BCUT2D eigenvalue weighted by atomic mass is 10.3. The summed E-state index contributed by atoms with van der Waals surface area (Å²) in [5, 5.41) is 0. The van der Waals surface area contributed by atoms with E-state index in [1.165, 1.54) is 38.5 Å². The maximum absolute atomic E-state index is 13.7. The molecule has 0 radical (unpaired) electrons. The Kier molecular flexibility index (Phi) is 13.7. The molecule has 2 aromatic carbocycles. The highest BCUT2D eigenvalue weighted by Crippen LogP contribution is 2.25. The second-order valence-corrected chi connectivity index (χ2v) is 6.84. The summed E-state index contributed by atoms with van der Waals surface area (Å²) in [6, 6.07) is 7.52. The van der Waals surface area contributed by atoms with Crippen molar-refractivity contribution in [3.8, 4) is 23.0 Å². The summed E-state index contributed by atoms with van der Waals surface area (Å²) < 4.78 is 64.7. The maximum atomic E-state index is 13.7. The zero-order valence-electron chi connectivity index (χ0n) is 22.3. The summed E-state index contributed by atoms with van der Waals surface area (Å²) in [6.45, 7) is 0. The van der Waals surface area contributed by atoms with Crippen LogP contribution in [0.2, 0.25) is 0 Å². The molecule has 0 atom stereocenters. The Balaban J connectivity index is 0.000000400. The second-order valence-electron chi connectivity index (χ2n) is 6.84. The van der Waals surface area contributed by atoms with Gasteiger partial charge in [-0.3, -0.25) is 0 Å². The Morgan fingerprint density at radius 3 is 1.18 bits per heavy atom. The molecule has 0 saturated heterocycles. The van der Waals surface area contributed by atoms with Crippen molar-refractivity contribution >= 4 is 23.9 Å². The van der Waals surface area contributed by atoms with Crippen LogP contribution in [0.25, 0.3) is 0 Å². The highest BCUT2D eigenvalue weighted by Gasteiger charge is 2.19. The number of ether oxygens (including phenoxy) is 8. The number of halogens is 2. The van der Waals surface area contributed by atoms with Gasteiger partial charge >= 0.3 is 23.9 Å². The van der Waals surface area contributed by atoms with Crippen LogP contribution in [0.15, 0.2) is 60.1 Å². The number of carbonyl (C=O) groups excluding carboxylic acids is 4. The summed E-state index contributed by atoms with van der Waals surface area (Å²) in [7, 11) is 7.21. The average Bonchev–Trinajstić information content (AvgIpc) is 2.97. The Labute approximate surface area is 227 Å². The van der Waals surface area contributed by atoms with Crippen LogP contribution in [0.1, 0.15) is 0 Å². The lowest BCUT2D eigenvalue weighted by Crippen LogP contribution is -2.14. The van der Waals surface area contributed by atoms with Crippen LogP contribution in [0.5, 0.6) is 23.0 Å². The fourth-order valence-corrected chi connectivity index (χ4v) is 2.41. The summed E-state index contributed by atoms with van der Waals surface area (Å²) in [4.78, 5) is 45.1. The molecule has 2 aromatic rings. The van der Waals surface area contributed by atoms with E-state index in [0.717, 1.165) is 52.7 Å². The third-order valence-electron chi connectivity index (χ3n) is 4.39. The molecule has 40 heavy (non-hydrogen) atoms. The Bertz CT molecular complexity index is 1170. The van der Waals surface area contributed by atoms with Gasteiger partial charge < -0.3 is 37.9 Å². The van der Waals surface area contributed by atoms with Gasteiger partial charge in [0.2, 0.25) is 11.5 Å². The van der Waals surface area contributed by atoms with Crippen molar-refractivity contribution in [1.29, 1.82) is 0 Å². The summed E-state index contributed by atoms with van der Waals surface area (Å²) in [6.07, 6.45) is 1.52. The predicted octanol–water partition coefficient (Wildman–Crippen LogP) is 2.89. The van der Waals surface area contributed by atoms with Gasteiger partial charge in [-0.15, -0.1) is 0 Å². The van der Waals surface area contributed by atoms with Gasteiger partial charge in [0.05, 0.1) is 54.8 Å². The number of methoxy groups -OCH3 is 6. The predicted molar refractivity (Wildman–Crippen MR) is 131 cm³/mol. The number of carbonyl (C=O) groups is 4. The smallest absolute Gasteiger partial charge is 0.374 e. The van der Waals surface area contributed by atoms with E-state index in [4.69, 9.17) is 18.9 Å². The fraction of sp³-hybridized carbons (Fsp3) is 0.231. The zero-order valence-corrected chi connectivity index (χ0v) is 22.3. The van der Waals surface area contributed by atoms with Crippen molar-refractivity contribution in [2.24, 2.45) is 0 Å². The minimum absolute atomic E-state index is 0.258. The highest BCUT2D eigenvalue weighted by atomic mass is 19.1. The van der Waals surface area contributed by atoms with E-state index in [0.29, 0.717) is 0 Å². The SMILES string of the molecule is COC(=O)/C=C(/Oc1ccc(OC)cc1F)C(=O)OC.COC(=O)/C=C(\Oc1ccc(OC)cc1F)C(=O)OC. The molecule has 14 heteroatoms. The lowest BCUT2D eigenvalue weighted by Gasteiger charge is -2.09. The van der Waals surface area contributed by atoms with E-state index < -0.39 is 47.0 Å². The van der Waals surface area contributed by atoms with Gasteiger partial charge in [0.1, 0.15) is 11.5 Å². The van der Waals surface area contributed by atoms with Crippen molar-refractivity contribution in [3.05, 3.63) is 71.7 Å². The number of benzene rings is 2. The maximum Gasteiger partial charge on any atom is 0.374 e. The largest absolute Gasteiger partial charge is 0.497 e. The molecule has 0 aliphatic rings. The van der Waals surface area contributed by atoms with E-state index in [2.05, 4.69) is 18.9 Å². The van der Waals surface area contributed by atoms with Crippen LogP contribution in [0.4, 0.5) is 8.78 Å². The summed E-state index contributed by atoms with van der Waals surface area (Å²) >= 11 is 0. The van der Waals surface area contributed by atoms with Crippen molar-refractivity contribution in [3.63, 3.8) is 0 Å². The number of hydrogen-bond donors (Lipinski definition) is 0. The van der Waals surface area contributed by atoms with Crippen molar-refractivity contribution < 1.29 is 65.9 Å². The Hall–Kier alpha value is -5.14. The fourth-order valence-electron chi connectivity index (χ4n) is 2.41. The van der Waals surface area contributed by atoms with Crippen molar-refractivity contribution in [2.45, 2.75) is 0 Å². The molecular weight excluding hydrogens is 542 g/mol. The van der Waals surface area contributed by atoms with Gasteiger partial charge in [-0.25, -0.2) is 28.0 Å². The van der Waals surface area contributed by atoms with Crippen LogP contribution < -0.4 is 18.9 Å². The Morgan fingerprint density at radius 2 is 0.925 bits per heavy atom. The molecule has 0 aliphatic carbocycles. The monoisotopic (exact) mass is 568 g/mol. The summed E-state index contributed by atoms with van der Waals surface area (Å²) in [5.74, 6) is -6.01. The van der Waals surface area contributed by atoms with Crippen molar-refractivity contribution in [1.82, 2.24) is 0 Å². The van der Waals surface area contributed by atoms with Crippen LogP contribution in [-0.4, -0.2) is 66.5 Å². The first-order chi connectivity index (χ1) is 19.0. The third kappa shape index (κ3) is 10.3. The summed E-state index contributed by atoms with van der Waals surface area (Å²) in [5.41, 5.74) is 0. The van der Waals surface area contributed by atoms with Gasteiger partial charge in [0.25, 0.3) is 0 Å². The van der Waals surface area contributed by atoms with Crippen LogP contribution >= 0.6 is 0 Å². The molecule has 0 N–H and O–H groups in total. The topological polar surface area (TPSA) is 142 Å². The van der Waals surface area contributed by atoms with E-state index in [1.54, 1.807) is 0 Å². The standard InChI is InChI=1S/2C13H13FO6/c2*1-17-8-4-5-10(9(14)6-8)20-11(13(16)19-3)7-12(15)18-2/h2*4-7H,1-3H3/b11-7+;11-7-. The third-order valence-corrected chi connectivity index (χ3v) is 4.39.